The molecule has 10 heteroatoms. The van der Waals surface area contributed by atoms with Gasteiger partial charge in [-0.1, -0.05) is 17.8 Å². The fraction of sp³-hybridized carbons (Fsp3) is 0.357. The van der Waals surface area contributed by atoms with E-state index in [2.05, 4.69) is 20.8 Å². The first kappa shape index (κ1) is 17.7. The second kappa shape index (κ2) is 8.29. The van der Waals surface area contributed by atoms with Gasteiger partial charge in [-0.25, -0.2) is 4.68 Å². The molecule has 0 bridgehead atoms. The summed E-state index contributed by atoms with van der Waals surface area (Å²) in [6, 6.07) is 7.01. The van der Waals surface area contributed by atoms with Crippen LogP contribution in [0, 0.1) is 0 Å². The van der Waals surface area contributed by atoms with Crippen molar-refractivity contribution in [3.05, 3.63) is 24.3 Å². The van der Waals surface area contributed by atoms with Crippen LogP contribution < -0.4 is 10.1 Å². The van der Waals surface area contributed by atoms with E-state index in [9.17, 15) is 9.59 Å². The van der Waals surface area contributed by atoms with Gasteiger partial charge < -0.3 is 15.0 Å². The molecule has 0 aliphatic rings. The van der Waals surface area contributed by atoms with Crippen LogP contribution in [0.5, 0.6) is 5.75 Å². The number of carbonyl (C=O) groups excluding carboxylic acids is 2. The van der Waals surface area contributed by atoms with Crippen LogP contribution in [0.15, 0.2) is 29.4 Å². The molecule has 0 spiro atoms. The minimum Gasteiger partial charge on any atom is -0.497 e. The molecule has 0 radical (unpaired) electrons. The van der Waals surface area contributed by atoms with Crippen LogP contribution in [-0.2, 0) is 16.6 Å². The summed E-state index contributed by atoms with van der Waals surface area (Å²) in [5, 5.41) is 14.2. The van der Waals surface area contributed by atoms with Crippen LogP contribution in [0.4, 0.5) is 5.69 Å². The molecule has 128 valence electrons. The van der Waals surface area contributed by atoms with Crippen molar-refractivity contribution in [3.63, 3.8) is 0 Å². The van der Waals surface area contributed by atoms with E-state index in [-0.39, 0.29) is 24.1 Å². The smallest absolute Gasteiger partial charge is 0.243 e. The van der Waals surface area contributed by atoms with Crippen LogP contribution >= 0.6 is 11.8 Å². The van der Waals surface area contributed by atoms with Gasteiger partial charge in [-0.15, -0.1) is 5.10 Å². The third-order valence-corrected chi connectivity index (χ3v) is 4.06. The van der Waals surface area contributed by atoms with Crippen molar-refractivity contribution < 1.29 is 14.3 Å². The number of nitrogens with zero attached hydrogens (tertiary/aromatic N) is 5. The zero-order chi connectivity index (χ0) is 17.5. The Bertz CT molecular complexity index is 720. The third kappa shape index (κ3) is 4.95. The van der Waals surface area contributed by atoms with Gasteiger partial charge in [-0.05, 0) is 22.6 Å². The summed E-state index contributed by atoms with van der Waals surface area (Å²) in [5.41, 5.74) is 0.611. The Morgan fingerprint density at radius 1 is 1.42 bits per heavy atom. The largest absolute Gasteiger partial charge is 0.497 e. The number of rotatable bonds is 7. The minimum absolute atomic E-state index is 0.0479. The number of aromatic nitrogens is 4. The Kier molecular flexibility index (Phi) is 6.13. The number of methoxy groups -OCH3 is 1. The lowest BCUT2D eigenvalue weighted by molar-refractivity contribution is -0.131. The van der Waals surface area contributed by atoms with E-state index in [0.717, 1.165) is 0 Å². The molecular weight excluding hydrogens is 332 g/mol. The fourth-order valence-corrected chi connectivity index (χ4v) is 2.58. The SMILES string of the molecule is COc1cccc(NC(=O)CN(C)C(=O)CSc2nnnn2C)c1. The van der Waals surface area contributed by atoms with Gasteiger partial charge in [-0.2, -0.15) is 0 Å². The second-order valence-corrected chi connectivity index (χ2v) is 5.85. The number of aryl methyl sites for hydroxylation is 1. The van der Waals surface area contributed by atoms with Gasteiger partial charge >= 0.3 is 0 Å². The Morgan fingerprint density at radius 2 is 2.21 bits per heavy atom. The number of amides is 2. The standard InChI is InChI=1S/C14H18N6O3S/c1-19(13(22)9-24-14-16-17-18-20(14)2)8-12(21)15-10-5-4-6-11(7-10)23-3/h4-7H,8-9H2,1-3H3,(H,15,21). The molecule has 2 rings (SSSR count). The number of anilines is 1. The molecule has 0 aliphatic carbocycles. The molecule has 0 saturated heterocycles. The van der Waals surface area contributed by atoms with Gasteiger partial charge in [0, 0.05) is 25.8 Å². The predicted molar refractivity (Wildman–Crippen MR) is 88.8 cm³/mol. The number of hydrogen-bond acceptors (Lipinski definition) is 7. The zero-order valence-electron chi connectivity index (χ0n) is 13.6. The van der Waals surface area contributed by atoms with Crippen molar-refractivity contribution in [1.29, 1.82) is 0 Å². The molecule has 0 unspecified atom stereocenters. The molecular formula is C14H18N6O3S. The van der Waals surface area contributed by atoms with E-state index in [1.54, 1.807) is 45.5 Å². The zero-order valence-corrected chi connectivity index (χ0v) is 14.4. The average Bonchev–Trinajstić information content (AvgIpc) is 2.97. The lowest BCUT2D eigenvalue weighted by Crippen LogP contribution is -2.36. The second-order valence-electron chi connectivity index (χ2n) is 4.90. The molecule has 0 atom stereocenters. The molecule has 0 fully saturated rings. The summed E-state index contributed by atoms with van der Waals surface area (Å²) in [6.45, 7) is -0.0479. The summed E-state index contributed by atoms with van der Waals surface area (Å²) in [7, 11) is 4.82. The number of thioether (sulfide) groups is 1. The number of likely N-dealkylation sites (N-methyl/N-ethyl adjacent to an activating group) is 1. The maximum atomic E-state index is 12.1. The van der Waals surface area contributed by atoms with Crippen LogP contribution in [0.2, 0.25) is 0 Å². The van der Waals surface area contributed by atoms with E-state index in [0.29, 0.717) is 16.6 Å². The minimum atomic E-state index is -0.288. The van der Waals surface area contributed by atoms with Crippen LogP contribution in [0.1, 0.15) is 0 Å². The first-order valence-corrected chi connectivity index (χ1v) is 8.01. The molecule has 2 amide bonds. The highest BCUT2D eigenvalue weighted by atomic mass is 32.2. The summed E-state index contributed by atoms with van der Waals surface area (Å²) in [4.78, 5) is 25.4. The number of nitrogens with one attached hydrogen (secondary N) is 1. The Morgan fingerprint density at radius 3 is 2.88 bits per heavy atom. The summed E-state index contributed by atoms with van der Waals surface area (Å²) in [5.74, 6) is 0.316. The first-order chi connectivity index (χ1) is 11.5. The molecule has 1 aromatic heterocycles. The van der Waals surface area contributed by atoms with E-state index >= 15 is 0 Å². The molecule has 1 heterocycles. The van der Waals surface area contributed by atoms with Gasteiger partial charge in [0.1, 0.15) is 5.75 Å². The predicted octanol–water partition coefficient (Wildman–Crippen LogP) is 0.408. The number of tetrazole rings is 1. The molecule has 2 aromatic rings. The van der Waals surface area contributed by atoms with Crippen LogP contribution in [-0.4, -0.2) is 63.4 Å². The van der Waals surface area contributed by atoms with Crippen molar-refractivity contribution in [2.24, 2.45) is 7.05 Å². The van der Waals surface area contributed by atoms with Crippen molar-refractivity contribution in [2.75, 3.05) is 31.8 Å². The third-order valence-electron chi connectivity index (χ3n) is 3.07. The fourth-order valence-electron chi connectivity index (χ4n) is 1.78. The quantitative estimate of drug-likeness (QED) is 0.721. The van der Waals surface area contributed by atoms with Gasteiger partial charge in [0.15, 0.2) is 0 Å². The Labute approximate surface area is 143 Å². The highest BCUT2D eigenvalue weighted by molar-refractivity contribution is 7.99. The highest BCUT2D eigenvalue weighted by Gasteiger charge is 2.15. The normalized spacial score (nSPS) is 10.3. The summed E-state index contributed by atoms with van der Waals surface area (Å²) in [6.07, 6.45) is 0. The van der Waals surface area contributed by atoms with E-state index in [1.165, 1.54) is 21.3 Å². The first-order valence-electron chi connectivity index (χ1n) is 7.02. The average molecular weight is 350 g/mol. The van der Waals surface area contributed by atoms with E-state index < -0.39 is 0 Å². The number of carbonyl (C=O) groups is 2. The molecule has 24 heavy (non-hydrogen) atoms. The summed E-state index contributed by atoms with van der Waals surface area (Å²) >= 11 is 1.21. The lowest BCUT2D eigenvalue weighted by atomic mass is 10.3. The topological polar surface area (TPSA) is 102 Å². The van der Waals surface area contributed by atoms with Gasteiger partial charge in [0.25, 0.3) is 0 Å². The Hall–Kier alpha value is -2.62. The maximum absolute atomic E-state index is 12.1. The van der Waals surface area contributed by atoms with Crippen molar-refractivity contribution >= 4 is 29.3 Å². The highest BCUT2D eigenvalue weighted by Crippen LogP contribution is 2.16. The number of ether oxygens (including phenoxy) is 1. The molecule has 1 aromatic carbocycles. The van der Waals surface area contributed by atoms with E-state index in [1.807, 2.05) is 0 Å². The maximum Gasteiger partial charge on any atom is 0.243 e. The lowest BCUT2D eigenvalue weighted by Gasteiger charge is -2.16. The number of hydrogen-bond donors (Lipinski definition) is 1. The van der Waals surface area contributed by atoms with Gasteiger partial charge in [-0.3, -0.25) is 9.59 Å². The van der Waals surface area contributed by atoms with Gasteiger partial charge in [0.2, 0.25) is 17.0 Å². The number of benzene rings is 1. The molecule has 9 nitrogen and oxygen atoms in total. The van der Waals surface area contributed by atoms with Crippen molar-refractivity contribution in [2.45, 2.75) is 5.16 Å². The molecule has 0 saturated carbocycles. The summed E-state index contributed by atoms with van der Waals surface area (Å²) < 4.78 is 6.58. The van der Waals surface area contributed by atoms with Crippen LogP contribution in [0.25, 0.3) is 0 Å². The van der Waals surface area contributed by atoms with Crippen LogP contribution in [0.3, 0.4) is 0 Å². The molecule has 1 N–H and O–H groups in total. The van der Waals surface area contributed by atoms with Crippen molar-refractivity contribution in [3.8, 4) is 5.75 Å². The van der Waals surface area contributed by atoms with Crippen molar-refractivity contribution in [1.82, 2.24) is 25.1 Å². The Balaban J connectivity index is 1.81. The monoisotopic (exact) mass is 350 g/mol. The van der Waals surface area contributed by atoms with E-state index in [4.69, 9.17) is 4.74 Å². The van der Waals surface area contributed by atoms with Gasteiger partial charge in [0.05, 0.1) is 19.4 Å². The molecule has 0 aliphatic heterocycles.